The topological polar surface area (TPSA) is 359 Å². The highest BCUT2D eigenvalue weighted by Gasteiger charge is 2.46. The van der Waals surface area contributed by atoms with Crippen molar-refractivity contribution < 1.29 is 61.4 Å². The van der Waals surface area contributed by atoms with Gasteiger partial charge in [-0.05, 0) is 13.8 Å². The predicted octanol–water partition coefficient (Wildman–Crippen LogP) is -1.65. The number of fused-ring (bicyclic) bond motifs is 1. The minimum atomic E-state index is -5.09. The lowest BCUT2D eigenvalue weighted by atomic mass is 10.2. The summed E-state index contributed by atoms with van der Waals surface area (Å²) in [5.41, 5.74) is 3.78. The van der Waals surface area contributed by atoms with E-state index in [2.05, 4.69) is 24.9 Å². The van der Waals surface area contributed by atoms with Crippen LogP contribution in [0.4, 0.5) is 5.82 Å². The highest BCUT2D eigenvalue weighted by Crippen LogP contribution is 2.52. The molecule has 3 saturated heterocycles. The molecule has 4 aromatic rings. The molecule has 0 bridgehead atoms. The largest absolute Gasteiger partial charge is 0.472 e. The molecule has 0 amide bonds. The van der Waals surface area contributed by atoms with Crippen molar-refractivity contribution in [3.63, 3.8) is 0 Å². The van der Waals surface area contributed by atoms with Crippen LogP contribution >= 0.6 is 15.6 Å². The summed E-state index contributed by atoms with van der Waals surface area (Å²) < 4.78 is 68.7. The molecule has 58 heavy (non-hydrogen) atoms. The number of hydrogen-bond acceptors (Lipinski definition) is 19. The van der Waals surface area contributed by atoms with Gasteiger partial charge in [0.2, 0.25) is 0 Å². The van der Waals surface area contributed by atoms with Gasteiger partial charge in [0, 0.05) is 42.8 Å². The summed E-state index contributed by atoms with van der Waals surface area (Å²) in [7, 11) is -10.1. The molecule has 0 aliphatic carbocycles. The molecule has 2 unspecified atom stereocenters. The molecule has 11 atom stereocenters. The van der Waals surface area contributed by atoms with Crippen LogP contribution in [0.25, 0.3) is 11.2 Å². The average molecular weight is 860 g/mol. The summed E-state index contributed by atoms with van der Waals surface area (Å²) in [6.07, 6.45) is -6.49. The zero-order valence-corrected chi connectivity index (χ0v) is 32.3. The first-order chi connectivity index (χ1) is 27.4. The highest BCUT2D eigenvalue weighted by atomic mass is 31.2. The Kier molecular flexibility index (Phi) is 11.8. The molecule has 3 aliphatic rings. The summed E-state index contributed by atoms with van der Waals surface area (Å²) in [6, 6.07) is 0. The Balaban J connectivity index is 1.02. The van der Waals surface area contributed by atoms with E-state index in [0.717, 1.165) is 9.13 Å². The van der Waals surface area contributed by atoms with Crippen LogP contribution in [0.2, 0.25) is 0 Å². The minimum Gasteiger partial charge on any atom is -0.394 e. The van der Waals surface area contributed by atoms with Gasteiger partial charge in [-0.25, -0.2) is 33.7 Å². The SMILES string of the molecule is Cc1cn([C@H]2C[C@H](OP(=O)(O)OC[C@H]3O[C@@H](n4cc(C)c(=O)[nH]c4=O)C[C@@H]3O)[C@@H](COP(=O)(O)O[C@H]3C[C@H](n4cnc5c(N)ncnc54)O[C@@H]3CO)O2)c(=O)[nH]c1=O. The first-order valence-electron chi connectivity index (χ1n) is 17.6. The van der Waals surface area contributed by atoms with Crippen molar-refractivity contribution in [2.24, 2.45) is 0 Å². The number of aromatic amines is 2. The number of aliphatic hydroxyl groups excluding tert-OH is 2. The van der Waals surface area contributed by atoms with Crippen molar-refractivity contribution in [2.75, 3.05) is 25.6 Å². The molecule has 316 valence electrons. The van der Waals surface area contributed by atoms with E-state index in [-0.39, 0.29) is 41.7 Å². The Morgan fingerprint density at radius 2 is 1.28 bits per heavy atom. The molecular formula is C30H39N9O17P2. The van der Waals surface area contributed by atoms with E-state index >= 15 is 0 Å². The number of phosphoric ester groups is 2. The number of aromatic nitrogens is 8. The van der Waals surface area contributed by atoms with Crippen molar-refractivity contribution >= 4 is 32.6 Å². The van der Waals surface area contributed by atoms with Gasteiger partial charge in [-0.1, -0.05) is 0 Å². The number of H-pyrrole nitrogens is 2. The first kappa shape index (κ1) is 41.9. The number of rotatable bonds is 14. The van der Waals surface area contributed by atoms with Crippen LogP contribution in [0.1, 0.15) is 49.1 Å². The molecule has 0 radical (unpaired) electrons. The third-order valence-electron chi connectivity index (χ3n) is 9.70. The second kappa shape index (κ2) is 16.4. The second-order valence-corrected chi connectivity index (χ2v) is 16.5. The van der Waals surface area contributed by atoms with E-state index in [4.69, 9.17) is 38.0 Å². The van der Waals surface area contributed by atoms with Crippen molar-refractivity contribution in [3.05, 3.63) is 77.9 Å². The molecule has 8 N–H and O–H groups in total. The van der Waals surface area contributed by atoms with Gasteiger partial charge in [0.05, 0.1) is 32.3 Å². The predicted molar refractivity (Wildman–Crippen MR) is 192 cm³/mol. The van der Waals surface area contributed by atoms with Crippen molar-refractivity contribution in [1.29, 1.82) is 0 Å². The number of nitrogens with one attached hydrogen (secondary N) is 2. The van der Waals surface area contributed by atoms with Gasteiger partial charge in [0.1, 0.15) is 61.0 Å². The number of anilines is 1. The molecule has 3 fully saturated rings. The number of ether oxygens (including phenoxy) is 3. The van der Waals surface area contributed by atoms with Gasteiger partial charge in [-0.15, -0.1) is 0 Å². The van der Waals surface area contributed by atoms with Gasteiger partial charge in [0.25, 0.3) is 11.1 Å². The third-order valence-corrected chi connectivity index (χ3v) is 11.7. The Morgan fingerprint density at radius 1 is 0.776 bits per heavy atom. The minimum absolute atomic E-state index is 0.0802. The molecule has 0 spiro atoms. The molecule has 0 aromatic carbocycles. The van der Waals surface area contributed by atoms with E-state index in [9.17, 15) is 48.3 Å². The maximum atomic E-state index is 13.3. The smallest absolute Gasteiger partial charge is 0.394 e. The van der Waals surface area contributed by atoms with Crippen LogP contribution in [0, 0.1) is 13.8 Å². The van der Waals surface area contributed by atoms with Crippen LogP contribution in [-0.4, -0.2) is 115 Å². The number of hydrogen-bond donors (Lipinski definition) is 7. The molecule has 7 rings (SSSR count). The van der Waals surface area contributed by atoms with E-state index in [0.29, 0.717) is 5.65 Å². The fourth-order valence-electron chi connectivity index (χ4n) is 6.73. The fourth-order valence-corrected chi connectivity index (χ4v) is 8.65. The number of nitrogen functional groups attached to an aromatic ring is 1. The molecular weight excluding hydrogens is 820 g/mol. The Bertz CT molecular complexity index is 2510. The number of imidazole rings is 1. The van der Waals surface area contributed by atoms with Crippen LogP contribution in [0.5, 0.6) is 0 Å². The Morgan fingerprint density at radius 3 is 1.86 bits per heavy atom. The second-order valence-electron chi connectivity index (χ2n) is 13.7. The molecule has 0 saturated carbocycles. The van der Waals surface area contributed by atoms with Gasteiger partial charge >= 0.3 is 27.0 Å². The normalized spacial score (nSPS) is 29.5. The third kappa shape index (κ3) is 8.84. The van der Waals surface area contributed by atoms with E-state index < -0.39 is 113 Å². The number of nitrogens with two attached hydrogens (primary N) is 1. The van der Waals surface area contributed by atoms with Gasteiger partial charge in [-0.3, -0.25) is 51.4 Å². The van der Waals surface area contributed by atoms with Crippen LogP contribution in [0.3, 0.4) is 0 Å². The maximum absolute atomic E-state index is 13.3. The van der Waals surface area contributed by atoms with Crippen molar-refractivity contribution in [2.45, 2.75) is 88.4 Å². The van der Waals surface area contributed by atoms with Crippen LogP contribution in [-0.2, 0) is 41.4 Å². The van der Waals surface area contributed by atoms with Gasteiger partial charge < -0.3 is 39.9 Å². The maximum Gasteiger partial charge on any atom is 0.472 e. The number of nitrogens with zero attached hydrogens (tertiary/aromatic N) is 6. The zero-order chi connectivity index (χ0) is 41.7. The zero-order valence-electron chi connectivity index (χ0n) is 30.5. The lowest BCUT2D eigenvalue weighted by Gasteiger charge is -2.24. The molecule has 7 heterocycles. The fraction of sp³-hybridized carbons (Fsp3) is 0.567. The summed E-state index contributed by atoms with van der Waals surface area (Å²) in [5.74, 6) is 0.109. The lowest BCUT2D eigenvalue weighted by molar-refractivity contribution is -0.0616. The number of phosphoric acid groups is 2. The highest BCUT2D eigenvalue weighted by molar-refractivity contribution is 7.47. The summed E-state index contributed by atoms with van der Waals surface area (Å²) in [6.45, 7) is 0.713. The van der Waals surface area contributed by atoms with Gasteiger partial charge in [0.15, 0.2) is 11.5 Å². The van der Waals surface area contributed by atoms with Gasteiger partial charge in [-0.2, -0.15) is 0 Å². The standard InChI is InChI=1S/C30H39N9O17P2/c1-13-6-37(29(44)35-27(13)42)21-3-15(41)19(53-21)9-50-57(46,47)56-17-5-22(38-7-14(2)28(43)36-30(38)45)54-20(17)10-51-58(48,49)55-16-4-23(52-18(16)8-40)39-12-34-24-25(31)32-11-33-26(24)39/h6-7,11-12,15-23,40-41H,3-5,8-10H2,1-2H3,(H,46,47)(H,48,49)(H2,31,32,33)(H,35,42,44)(H,36,43,45)/t15-,16-,17-,18+,19+,20+,21+,22+,23+/m0/s1. The van der Waals surface area contributed by atoms with E-state index in [1.807, 2.05) is 0 Å². The first-order valence-corrected chi connectivity index (χ1v) is 20.5. The molecule has 3 aliphatic heterocycles. The van der Waals surface area contributed by atoms with E-state index in [1.54, 1.807) is 0 Å². The van der Waals surface area contributed by atoms with Crippen LogP contribution < -0.4 is 28.2 Å². The molecule has 26 nitrogen and oxygen atoms in total. The molecule has 4 aromatic heterocycles. The van der Waals surface area contributed by atoms with E-state index in [1.165, 1.54) is 43.5 Å². The number of aliphatic hydroxyl groups is 2. The monoisotopic (exact) mass is 859 g/mol. The Labute approximate surface area is 324 Å². The van der Waals surface area contributed by atoms with Crippen LogP contribution in [0.15, 0.2) is 44.2 Å². The summed E-state index contributed by atoms with van der Waals surface area (Å²) >= 11 is 0. The molecule has 28 heteroatoms. The summed E-state index contributed by atoms with van der Waals surface area (Å²) in [4.78, 5) is 86.8. The number of aryl methyl sites for hydroxylation is 2. The van der Waals surface area contributed by atoms with Crippen molar-refractivity contribution in [1.82, 2.24) is 38.6 Å². The Hall–Kier alpha value is -4.27. The van der Waals surface area contributed by atoms with Crippen molar-refractivity contribution in [3.8, 4) is 0 Å². The quantitative estimate of drug-likeness (QED) is 0.0698. The summed E-state index contributed by atoms with van der Waals surface area (Å²) in [5, 5.41) is 20.6. The average Bonchev–Trinajstić information content (AvgIpc) is 3.95. The lowest BCUT2D eigenvalue weighted by Crippen LogP contribution is -2.33.